The monoisotopic (exact) mass is 295 g/mol. The minimum absolute atomic E-state index is 0.176. The zero-order chi connectivity index (χ0) is 15.3. The third-order valence-electron chi connectivity index (χ3n) is 2.73. The van der Waals surface area contributed by atoms with Crippen molar-refractivity contribution >= 4 is 27.9 Å². The van der Waals surface area contributed by atoms with Crippen molar-refractivity contribution < 1.29 is 4.79 Å². The number of anilines is 2. The lowest BCUT2D eigenvalue weighted by Gasteiger charge is -2.09. The second-order valence-electron chi connectivity index (χ2n) is 4.94. The van der Waals surface area contributed by atoms with Crippen LogP contribution in [-0.2, 0) is 0 Å². The van der Waals surface area contributed by atoms with Crippen molar-refractivity contribution in [1.29, 1.82) is 5.26 Å². The standard InChI is InChI=1S/C13H21N5OS/c1-17(2)7-5-6-16-12-9(8-14)10(15)11(20-12)13(19)18(3)4/h16H,5-7,15H2,1-4H3. The van der Waals surface area contributed by atoms with E-state index in [9.17, 15) is 10.1 Å². The molecule has 0 radical (unpaired) electrons. The molecule has 0 spiro atoms. The van der Waals surface area contributed by atoms with Gasteiger partial charge in [-0.05, 0) is 27.1 Å². The Bertz CT molecular complexity index is 516. The molecule has 0 fully saturated rings. The van der Waals surface area contributed by atoms with E-state index in [0.717, 1.165) is 19.5 Å². The summed E-state index contributed by atoms with van der Waals surface area (Å²) in [6, 6.07) is 2.07. The maximum absolute atomic E-state index is 12.0. The minimum atomic E-state index is -0.176. The first-order chi connectivity index (χ1) is 9.38. The molecule has 0 atom stereocenters. The lowest BCUT2D eigenvalue weighted by molar-refractivity contribution is 0.0833. The molecule has 6 nitrogen and oxygen atoms in total. The van der Waals surface area contributed by atoms with Gasteiger partial charge in [0.1, 0.15) is 21.5 Å². The van der Waals surface area contributed by atoms with E-state index in [-0.39, 0.29) is 11.6 Å². The predicted octanol–water partition coefficient (Wildman–Crippen LogP) is 1.27. The number of carbonyl (C=O) groups excluding carboxylic acids is 1. The van der Waals surface area contributed by atoms with Gasteiger partial charge in [-0.25, -0.2) is 0 Å². The quantitative estimate of drug-likeness (QED) is 0.772. The van der Waals surface area contributed by atoms with Crippen molar-refractivity contribution in [2.24, 2.45) is 0 Å². The number of hydrogen-bond acceptors (Lipinski definition) is 6. The number of nitrogen functional groups attached to an aromatic ring is 1. The molecule has 0 aliphatic carbocycles. The zero-order valence-electron chi connectivity index (χ0n) is 12.4. The average Bonchev–Trinajstić information content (AvgIpc) is 2.69. The lowest BCUT2D eigenvalue weighted by Crippen LogP contribution is -2.21. The van der Waals surface area contributed by atoms with E-state index >= 15 is 0 Å². The highest BCUT2D eigenvalue weighted by molar-refractivity contribution is 7.18. The second kappa shape index (κ2) is 7.12. The molecule has 3 N–H and O–H groups in total. The molecular weight excluding hydrogens is 274 g/mol. The molecule has 0 saturated carbocycles. The van der Waals surface area contributed by atoms with Crippen LogP contribution >= 0.6 is 11.3 Å². The fourth-order valence-corrected chi connectivity index (χ4v) is 2.76. The Balaban J connectivity index is 2.84. The van der Waals surface area contributed by atoms with Crippen molar-refractivity contribution in [3.63, 3.8) is 0 Å². The van der Waals surface area contributed by atoms with Crippen molar-refractivity contribution in [2.75, 3.05) is 52.3 Å². The van der Waals surface area contributed by atoms with Crippen LogP contribution < -0.4 is 11.1 Å². The van der Waals surface area contributed by atoms with Gasteiger partial charge in [0, 0.05) is 20.6 Å². The van der Waals surface area contributed by atoms with Crippen molar-refractivity contribution in [2.45, 2.75) is 6.42 Å². The fourth-order valence-electron chi connectivity index (χ4n) is 1.64. The highest BCUT2D eigenvalue weighted by Gasteiger charge is 2.21. The fraction of sp³-hybridized carbons (Fsp3) is 0.538. The van der Waals surface area contributed by atoms with Crippen LogP contribution in [0.1, 0.15) is 21.7 Å². The largest absolute Gasteiger partial charge is 0.396 e. The molecule has 0 bridgehead atoms. The van der Waals surface area contributed by atoms with Gasteiger partial charge in [0.05, 0.1) is 5.69 Å². The molecule has 1 rings (SSSR count). The topological polar surface area (TPSA) is 85.4 Å². The van der Waals surface area contributed by atoms with E-state index < -0.39 is 0 Å². The molecule has 1 aromatic heterocycles. The van der Waals surface area contributed by atoms with Crippen LogP contribution in [0.4, 0.5) is 10.7 Å². The van der Waals surface area contributed by atoms with Crippen molar-refractivity contribution in [3.05, 3.63) is 10.4 Å². The molecule has 20 heavy (non-hydrogen) atoms. The molecule has 1 heterocycles. The molecule has 1 aromatic rings. The summed E-state index contributed by atoms with van der Waals surface area (Å²) in [6.07, 6.45) is 0.951. The van der Waals surface area contributed by atoms with Gasteiger partial charge in [0.2, 0.25) is 0 Å². The summed E-state index contributed by atoms with van der Waals surface area (Å²) in [6.45, 7) is 1.70. The zero-order valence-corrected chi connectivity index (χ0v) is 13.2. The van der Waals surface area contributed by atoms with Crippen LogP contribution in [0.15, 0.2) is 0 Å². The third-order valence-corrected chi connectivity index (χ3v) is 3.88. The van der Waals surface area contributed by atoms with Gasteiger partial charge in [-0.3, -0.25) is 4.79 Å². The van der Waals surface area contributed by atoms with Crippen LogP contribution in [-0.4, -0.2) is 57.0 Å². The van der Waals surface area contributed by atoms with E-state index in [1.807, 2.05) is 14.1 Å². The van der Waals surface area contributed by atoms with Gasteiger partial charge >= 0.3 is 0 Å². The second-order valence-corrected chi connectivity index (χ2v) is 5.96. The Kier molecular flexibility index (Phi) is 5.80. The SMILES string of the molecule is CN(C)CCCNc1sc(C(=O)N(C)C)c(N)c1C#N. The first-order valence-electron chi connectivity index (χ1n) is 6.31. The number of amides is 1. The molecule has 110 valence electrons. The van der Waals surface area contributed by atoms with Crippen LogP contribution in [0.2, 0.25) is 0 Å². The summed E-state index contributed by atoms with van der Waals surface area (Å²) in [7, 11) is 7.35. The summed E-state index contributed by atoms with van der Waals surface area (Å²) in [5.74, 6) is -0.176. The molecule has 0 unspecified atom stereocenters. The molecular formula is C13H21N5OS. The van der Waals surface area contributed by atoms with Gasteiger partial charge in [-0.1, -0.05) is 0 Å². The molecule has 1 amide bonds. The van der Waals surface area contributed by atoms with Crippen LogP contribution in [0.5, 0.6) is 0 Å². The van der Waals surface area contributed by atoms with Gasteiger partial charge in [-0.15, -0.1) is 11.3 Å². The number of nitrogens with two attached hydrogens (primary N) is 1. The van der Waals surface area contributed by atoms with E-state index in [4.69, 9.17) is 5.73 Å². The summed E-state index contributed by atoms with van der Waals surface area (Å²) in [5.41, 5.74) is 6.53. The highest BCUT2D eigenvalue weighted by Crippen LogP contribution is 2.35. The lowest BCUT2D eigenvalue weighted by atomic mass is 10.2. The van der Waals surface area contributed by atoms with Gasteiger partial charge in [0.15, 0.2) is 0 Å². The van der Waals surface area contributed by atoms with E-state index in [0.29, 0.717) is 15.4 Å². The van der Waals surface area contributed by atoms with Crippen molar-refractivity contribution in [3.8, 4) is 6.07 Å². The maximum atomic E-state index is 12.0. The van der Waals surface area contributed by atoms with Gasteiger partial charge in [0.25, 0.3) is 5.91 Å². The Morgan fingerprint density at radius 3 is 2.55 bits per heavy atom. The number of rotatable bonds is 6. The number of nitrogens with zero attached hydrogens (tertiary/aromatic N) is 3. The minimum Gasteiger partial charge on any atom is -0.396 e. The number of carbonyl (C=O) groups is 1. The summed E-state index contributed by atoms with van der Waals surface area (Å²) >= 11 is 1.24. The molecule has 0 aliphatic rings. The Morgan fingerprint density at radius 1 is 1.40 bits per heavy atom. The normalized spacial score (nSPS) is 10.4. The summed E-state index contributed by atoms with van der Waals surface area (Å²) < 4.78 is 0. The van der Waals surface area contributed by atoms with Gasteiger partial charge < -0.3 is 20.9 Å². The highest BCUT2D eigenvalue weighted by atomic mass is 32.1. The molecule has 7 heteroatoms. The number of hydrogen-bond donors (Lipinski definition) is 2. The van der Waals surface area contributed by atoms with Gasteiger partial charge in [-0.2, -0.15) is 5.26 Å². The summed E-state index contributed by atoms with van der Waals surface area (Å²) in [5, 5.41) is 13.0. The van der Waals surface area contributed by atoms with Crippen molar-refractivity contribution in [1.82, 2.24) is 9.80 Å². The van der Waals surface area contributed by atoms with E-state index in [1.165, 1.54) is 16.2 Å². The molecule has 0 aliphatic heterocycles. The number of nitrogens with one attached hydrogen (secondary N) is 1. The third kappa shape index (κ3) is 3.85. The van der Waals surface area contributed by atoms with Crippen LogP contribution in [0.25, 0.3) is 0 Å². The molecule has 0 aromatic carbocycles. The van der Waals surface area contributed by atoms with E-state index in [2.05, 4.69) is 16.3 Å². The number of nitriles is 1. The Hall–Kier alpha value is -1.78. The Labute approximate surface area is 123 Å². The van der Waals surface area contributed by atoms with Crippen LogP contribution in [0, 0.1) is 11.3 Å². The molecule has 0 saturated heterocycles. The van der Waals surface area contributed by atoms with E-state index in [1.54, 1.807) is 14.1 Å². The number of thiophene rings is 1. The first kappa shape index (κ1) is 16.3. The summed E-state index contributed by atoms with van der Waals surface area (Å²) in [4.78, 5) is 15.9. The van der Waals surface area contributed by atoms with Crippen LogP contribution in [0.3, 0.4) is 0 Å². The average molecular weight is 295 g/mol. The maximum Gasteiger partial charge on any atom is 0.265 e. The smallest absolute Gasteiger partial charge is 0.265 e. The predicted molar refractivity (Wildman–Crippen MR) is 83.1 cm³/mol. The first-order valence-corrected chi connectivity index (χ1v) is 7.12. The Morgan fingerprint density at radius 2 is 2.05 bits per heavy atom.